The largest absolute Gasteiger partial charge is 0.433 e. The maximum atomic E-state index is 12.4. The number of aromatic nitrogens is 1. The van der Waals surface area contributed by atoms with E-state index in [1.165, 1.54) is 6.07 Å². The molecule has 0 spiro atoms. The minimum absolute atomic E-state index is 0. The van der Waals surface area contributed by atoms with Crippen LogP contribution in [-0.2, 0) is 6.18 Å². The lowest BCUT2D eigenvalue weighted by molar-refractivity contribution is -0.141. The van der Waals surface area contributed by atoms with Crippen LogP contribution in [-0.4, -0.2) is 42.0 Å². The fraction of sp³-hybridized carbons (Fsp3) is 0.538. The lowest BCUT2D eigenvalue weighted by atomic mass is 10.0. The van der Waals surface area contributed by atoms with Crippen LogP contribution in [0.4, 0.5) is 13.2 Å². The number of halogens is 5. The van der Waals surface area contributed by atoms with Crippen molar-refractivity contribution in [1.82, 2.24) is 15.2 Å². The molecular weight excluding hydrogens is 342 g/mol. The molecule has 1 saturated heterocycles. The van der Waals surface area contributed by atoms with Crippen LogP contribution < -0.4 is 5.32 Å². The molecule has 0 aliphatic carbocycles. The fourth-order valence-corrected chi connectivity index (χ4v) is 2.25. The second kappa shape index (κ2) is 8.55. The van der Waals surface area contributed by atoms with Gasteiger partial charge in [-0.1, -0.05) is 0 Å². The van der Waals surface area contributed by atoms with Gasteiger partial charge < -0.3 is 10.2 Å². The predicted octanol–water partition coefficient (Wildman–Crippen LogP) is 2.77. The molecule has 0 unspecified atom stereocenters. The summed E-state index contributed by atoms with van der Waals surface area (Å²) >= 11 is 0. The van der Waals surface area contributed by atoms with Gasteiger partial charge in [-0.3, -0.25) is 9.78 Å². The van der Waals surface area contributed by atoms with E-state index in [4.69, 9.17) is 0 Å². The molecule has 1 N–H and O–H groups in total. The van der Waals surface area contributed by atoms with Crippen LogP contribution in [0.15, 0.2) is 18.3 Å². The number of carbonyl (C=O) groups excluding carboxylic acids is 1. The molecule has 9 heteroatoms. The first-order chi connectivity index (χ1) is 9.39. The molecule has 0 radical (unpaired) electrons. The Morgan fingerprint density at radius 3 is 2.32 bits per heavy atom. The number of piperidine rings is 1. The summed E-state index contributed by atoms with van der Waals surface area (Å²) in [6.07, 6.45) is -1.81. The van der Waals surface area contributed by atoms with E-state index in [1.807, 2.05) is 0 Å². The van der Waals surface area contributed by atoms with E-state index in [-0.39, 0.29) is 42.3 Å². The molecular formula is C13H18Cl2F3N3O. The summed E-state index contributed by atoms with van der Waals surface area (Å²) < 4.78 is 37.2. The highest BCUT2D eigenvalue weighted by Gasteiger charge is 2.32. The molecule has 4 nitrogen and oxygen atoms in total. The summed E-state index contributed by atoms with van der Waals surface area (Å²) in [6, 6.07) is 2.13. The zero-order valence-electron chi connectivity index (χ0n) is 11.9. The minimum atomic E-state index is -4.48. The van der Waals surface area contributed by atoms with Gasteiger partial charge in [-0.2, -0.15) is 13.2 Å². The number of pyridine rings is 1. The van der Waals surface area contributed by atoms with E-state index >= 15 is 0 Å². The molecule has 0 bridgehead atoms. The maximum absolute atomic E-state index is 12.4. The van der Waals surface area contributed by atoms with E-state index in [0.29, 0.717) is 0 Å². The highest BCUT2D eigenvalue weighted by atomic mass is 35.5. The SMILES string of the molecule is CN(C(=O)c1ccc(C(F)(F)F)nc1)C1CCNCC1.Cl.Cl. The Morgan fingerprint density at radius 1 is 1.27 bits per heavy atom. The van der Waals surface area contributed by atoms with Crippen LogP contribution in [0.5, 0.6) is 0 Å². The minimum Gasteiger partial charge on any atom is -0.339 e. The predicted molar refractivity (Wildman–Crippen MR) is 81.7 cm³/mol. The van der Waals surface area contributed by atoms with Gasteiger partial charge in [0.05, 0.1) is 5.56 Å². The average Bonchev–Trinajstić information content (AvgIpc) is 2.46. The van der Waals surface area contributed by atoms with Crippen molar-refractivity contribution >= 4 is 30.7 Å². The number of nitrogens with zero attached hydrogens (tertiary/aromatic N) is 2. The number of hydrogen-bond acceptors (Lipinski definition) is 3. The standard InChI is InChI=1S/C13H16F3N3O.2ClH/c1-19(10-4-6-17-7-5-10)12(20)9-2-3-11(18-8-9)13(14,15)16;;/h2-3,8,10,17H,4-7H2,1H3;2*1H. The number of alkyl halides is 3. The topological polar surface area (TPSA) is 45.2 Å². The van der Waals surface area contributed by atoms with Crippen molar-refractivity contribution in [3.05, 3.63) is 29.6 Å². The van der Waals surface area contributed by atoms with Crippen LogP contribution in [0, 0.1) is 0 Å². The van der Waals surface area contributed by atoms with Crippen LogP contribution in [0.2, 0.25) is 0 Å². The van der Waals surface area contributed by atoms with Gasteiger partial charge >= 0.3 is 6.18 Å². The summed E-state index contributed by atoms with van der Waals surface area (Å²) in [5, 5.41) is 3.20. The van der Waals surface area contributed by atoms with Gasteiger partial charge in [0, 0.05) is 19.3 Å². The molecule has 1 fully saturated rings. The number of hydrogen-bond donors (Lipinski definition) is 1. The number of nitrogens with one attached hydrogen (secondary N) is 1. The molecule has 1 aliphatic heterocycles. The van der Waals surface area contributed by atoms with Gasteiger partial charge in [-0.15, -0.1) is 24.8 Å². The van der Waals surface area contributed by atoms with Gasteiger partial charge in [0.15, 0.2) is 0 Å². The van der Waals surface area contributed by atoms with Crippen molar-refractivity contribution < 1.29 is 18.0 Å². The van der Waals surface area contributed by atoms with Gasteiger partial charge in [0.2, 0.25) is 0 Å². The van der Waals surface area contributed by atoms with Gasteiger partial charge in [-0.05, 0) is 38.1 Å². The highest BCUT2D eigenvalue weighted by Crippen LogP contribution is 2.27. The van der Waals surface area contributed by atoms with Crippen molar-refractivity contribution in [3.63, 3.8) is 0 Å². The summed E-state index contributed by atoms with van der Waals surface area (Å²) in [5.41, 5.74) is -0.808. The van der Waals surface area contributed by atoms with Gasteiger partial charge in [-0.25, -0.2) is 0 Å². The quantitative estimate of drug-likeness (QED) is 0.882. The van der Waals surface area contributed by atoms with Crippen molar-refractivity contribution in [2.45, 2.75) is 25.1 Å². The number of amides is 1. The smallest absolute Gasteiger partial charge is 0.339 e. The van der Waals surface area contributed by atoms with Crippen molar-refractivity contribution in [2.24, 2.45) is 0 Å². The molecule has 126 valence electrons. The Bertz CT molecular complexity index is 476. The van der Waals surface area contributed by atoms with E-state index < -0.39 is 11.9 Å². The molecule has 1 aliphatic rings. The monoisotopic (exact) mass is 359 g/mol. The zero-order valence-corrected chi connectivity index (χ0v) is 13.5. The molecule has 22 heavy (non-hydrogen) atoms. The first-order valence-electron chi connectivity index (χ1n) is 6.40. The Labute approximate surface area is 139 Å². The molecule has 2 rings (SSSR count). The third-order valence-corrected chi connectivity index (χ3v) is 3.48. The molecule has 0 atom stereocenters. The molecule has 0 saturated carbocycles. The van der Waals surface area contributed by atoms with E-state index in [9.17, 15) is 18.0 Å². The first kappa shape index (κ1) is 20.9. The van der Waals surface area contributed by atoms with Crippen LogP contribution in [0.3, 0.4) is 0 Å². The second-order valence-corrected chi connectivity index (χ2v) is 4.83. The number of rotatable bonds is 2. The number of carbonyl (C=O) groups is 1. The average molecular weight is 360 g/mol. The molecule has 1 aromatic heterocycles. The lowest BCUT2D eigenvalue weighted by Crippen LogP contribution is -2.44. The summed E-state index contributed by atoms with van der Waals surface area (Å²) in [7, 11) is 1.68. The molecule has 1 amide bonds. The Hall–Kier alpha value is -1.05. The van der Waals surface area contributed by atoms with Crippen molar-refractivity contribution in [2.75, 3.05) is 20.1 Å². The molecule has 2 heterocycles. The van der Waals surface area contributed by atoms with Crippen molar-refractivity contribution in [3.8, 4) is 0 Å². The maximum Gasteiger partial charge on any atom is 0.433 e. The normalized spacial score (nSPS) is 15.5. The van der Waals surface area contributed by atoms with E-state index in [2.05, 4.69) is 10.3 Å². The highest BCUT2D eigenvalue weighted by molar-refractivity contribution is 5.94. The summed E-state index contributed by atoms with van der Waals surface area (Å²) in [6.45, 7) is 1.68. The first-order valence-corrected chi connectivity index (χ1v) is 6.40. The Balaban J connectivity index is 0.00000220. The Morgan fingerprint density at radius 2 is 1.86 bits per heavy atom. The van der Waals surface area contributed by atoms with Crippen LogP contribution in [0.25, 0.3) is 0 Å². The van der Waals surface area contributed by atoms with Crippen LogP contribution >= 0.6 is 24.8 Å². The van der Waals surface area contributed by atoms with E-state index in [1.54, 1.807) is 11.9 Å². The van der Waals surface area contributed by atoms with E-state index in [0.717, 1.165) is 38.2 Å². The third-order valence-electron chi connectivity index (χ3n) is 3.48. The summed E-state index contributed by atoms with van der Waals surface area (Å²) in [4.78, 5) is 17.1. The molecule has 1 aromatic rings. The van der Waals surface area contributed by atoms with Gasteiger partial charge in [0.1, 0.15) is 5.69 Å². The van der Waals surface area contributed by atoms with Crippen LogP contribution in [0.1, 0.15) is 28.9 Å². The zero-order chi connectivity index (χ0) is 14.8. The third kappa shape index (κ3) is 5.00. The fourth-order valence-electron chi connectivity index (χ4n) is 2.25. The van der Waals surface area contributed by atoms with Gasteiger partial charge in [0.25, 0.3) is 5.91 Å². The summed E-state index contributed by atoms with van der Waals surface area (Å²) in [5.74, 6) is -0.293. The Kier molecular flexibility index (Phi) is 8.14. The molecule has 0 aromatic carbocycles. The second-order valence-electron chi connectivity index (χ2n) is 4.83. The lowest BCUT2D eigenvalue weighted by Gasteiger charge is -2.31. The van der Waals surface area contributed by atoms with Crippen molar-refractivity contribution in [1.29, 1.82) is 0 Å².